The number of carbonyl (C=O) groups excluding carboxylic acids is 1. The molecule has 158 valence electrons. The van der Waals surface area contributed by atoms with Gasteiger partial charge >= 0.3 is 0 Å². The summed E-state index contributed by atoms with van der Waals surface area (Å²) >= 11 is 0. The van der Waals surface area contributed by atoms with Crippen LogP contribution >= 0.6 is 0 Å². The van der Waals surface area contributed by atoms with Crippen LogP contribution in [0.5, 0.6) is 5.75 Å². The summed E-state index contributed by atoms with van der Waals surface area (Å²) in [4.78, 5) is 14.3. The highest BCUT2D eigenvalue weighted by molar-refractivity contribution is 7.89. The molecule has 0 bridgehead atoms. The maximum atomic E-state index is 13.0. The lowest BCUT2D eigenvalue weighted by Crippen LogP contribution is -2.51. The van der Waals surface area contributed by atoms with E-state index in [0.717, 1.165) is 10.8 Å². The molecule has 4 rings (SSSR count). The Hall–Kier alpha value is -3.41. The predicted octanol–water partition coefficient (Wildman–Crippen LogP) is 2.62. The molecular formula is C23H21N3O4S. The average molecular weight is 436 g/mol. The topological polar surface area (TPSA) is 90.7 Å². The van der Waals surface area contributed by atoms with Crippen LogP contribution < -0.4 is 4.74 Å². The third-order valence-corrected chi connectivity index (χ3v) is 7.17. The fraction of sp³-hybridized carbons (Fsp3) is 0.217. The number of hydrogen-bond acceptors (Lipinski definition) is 5. The van der Waals surface area contributed by atoms with Gasteiger partial charge in [0.2, 0.25) is 10.0 Å². The number of fused-ring (bicyclic) bond motifs is 1. The van der Waals surface area contributed by atoms with Crippen LogP contribution in [0.2, 0.25) is 0 Å². The van der Waals surface area contributed by atoms with Gasteiger partial charge in [0.1, 0.15) is 5.75 Å². The lowest BCUT2D eigenvalue weighted by molar-refractivity contribution is -0.134. The fourth-order valence-corrected chi connectivity index (χ4v) is 5.00. The summed E-state index contributed by atoms with van der Waals surface area (Å²) in [6.07, 6.45) is 0. The van der Waals surface area contributed by atoms with Crippen molar-refractivity contribution in [2.75, 3.05) is 32.8 Å². The number of ether oxygens (including phenoxy) is 1. The van der Waals surface area contributed by atoms with Crippen LogP contribution in [0.25, 0.3) is 10.8 Å². The molecule has 8 heteroatoms. The molecule has 0 spiro atoms. The van der Waals surface area contributed by atoms with E-state index in [1.165, 1.54) is 4.31 Å². The molecule has 0 N–H and O–H groups in total. The van der Waals surface area contributed by atoms with E-state index in [1.54, 1.807) is 47.4 Å². The Bertz CT molecular complexity index is 1260. The highest BCUT2D eigenvalue weighted by Crippen LogP contribution is 2.23. The van der Waals surface area contributed by atoms with Crippen molar-refractivity contribution in [3.8, 4) is 11.8 Å². The molecule has 1 amide bonds. The van der Waals surface area contributed by atoms with Crippen LogP contribution in [0.1, 0.15) is 5.56 Å². The third kappa shape index (κ3) is 4.53. The first-order chi connectivity index (χ1) is 15.0. The minimum atomic E-state index is -3.63. The Labute approximate surface area is 181 Å². The summed E-state index contributed by atoms with van der Waals surface area (Å²) in [5.41, 5.74) is 0.456. The highest BCUT2D eigenvalue weighted by Gasteiger charge is 2.30. The summed E-state index contributed by atoms with van der Waals surface area (Å²) in [5.74, 6) is 0.232. The lowest BCUT2D eigenvalue weighted by atomic mass is 10.1. The fourth-order valence-electron chi connectivity index (χ4n) is 3.55. The highest BCUT2D eigenvalue weighted by atomic mass is 32.2. The molecule has 3 aromatic rings. The van der Waals surface area contributed by atoms with Gasteiger partial charge in [-0.3, -0.25) is 4.79 Å². The van der Waals surface area contributed by atoms with Crippen molar-refractivity contribution in [1.29, 1.82) is 5.26 Å². The molecule has 7 nitrogen and oxygen atoms in total. The minimum Gasteiger partial charge on any atom is -0.484 e. The molecule has 0 radical (unpaired) electrons. The molecule has 1 aliphatic rings. The molecule has 1 saturated heterocycles. The van der Waals surface area contributed by atoms with E-state index in [1.807, 2.05) is 30.3 Å². The second-order valence-electron chi connectivity index (χ2n) is 7.22. The van der Waals surface area contributed by atoms with E-state index in [9.17, 15) is 13.2 Å². The summed E-state index contributed by atoms with van der Waals surface area (Å²) in [6, 6.07) is 21.4. The van der Waals surface area contributed by atoms with E-state index < -0.39 is 10.0 Å². The van der Waals surface area contributed by atoms with Crippen LogP contribution in [0.3, 0.4) is 0 Å². The number of amides is 1. The molecule has 0 unspecified atom stereocenters. The first-order valence-corrected chi connectivity index (χ1v) is 11.3. The second kappa shape index (κ2) is 8.76. The Kier molecular flexibility index (Phi) is 5.89. The van der Waals surface area contributed by atoms with Crippen LogP contribution in [-0.4, -0.2) is 56.3 Å². The first kappa shape index (κ1) is 20.8. The monoisotopic (exact) mass is 435 g/mol. The normalized spacial score (nSPS) is 14.9. The second-order valence-corrected chi connectivity index (χ2v) is 9.16. The van der Waals surface area contributed by atoms with Crippen LogP contribution in [-0.2, 0) is 14.8 Å². The van der Waals surface area contributed by atoms with Crippen LogP contribution in [0.4, 0.5) is 0 Å². The van der Waals surface area contributed by atoms with Gasteiger partial charge in [0, 0.05) is 26.2 Å². The molecule has 1 heterocycles. The zero-order chi connectivity index (χ0) is 21.8. The zero-order valence-corrected chi connectivity index (χ0v) is 17.6. The van der Waals surface area contributed by atoms with Gasteiger partial charge in [-0.15, -0.1) is 0 Å². The molecule has 0 aromatic heterocycles. The number of nitrogens with zero attached hydrogens (tertiary/aromatic N) is 3. The van der Waals surface area contributed by atoms with Gasteiger partial charge in [-0.25, -0.2) is 8.42 Å². The van der Waals surface area contributed by atoms with Crippen LogP contribution in [0, 0.1) is 11.3 Å². The lowest BCUT2D eigenvalue weighted by Gasteiger charge is -2.34. The maximum absolute atomic E-state index is 13.0. The van der Waals surface area contributed by atoms with E-state index in [4.69, 9.17) is 10.00 Å². The quantitative estimate of drug-likeness (QED) is 0.615. The Morgan fingerprint density at radius 3 is 2.42 bits per heavy atom. The van der Waals surface area contributed by atoms with Gasteiger partial charge in [0.25, 0.3) is 5.91 Å². The molecule has 0 atom stereocenters. The maximum Gasteiger partial charge on any atom is 0.260 e. The summed E-state index contributed by atoms with van der Waals surface area (Å²) in [6.45, 7) is 0.891. The van der Waals surface area contributed by atoms with Crippen molar-refractivity contribution in [3.05, 3.63) is 72.3 Å². The summed E-state index contributed by atoms with van der Waals surface area (Å²) in [7, 11) is -3.63. The van der Waals surface area contributed by atoms with Crippen molar-refractivity contribution >= 4 is 26.7 Å². The van der Waals surface area contributed by atoms with Crippen LogP contribution in [0.15, 0.2) is 71.6 Å². The first-order valence-electron chi connectivity index (χ1n) is 9.87. The predicted molar refractivity (Wildman–Crippen MR) is 116 cm³/mol. The number of rotatable bonds is 5. The molecule has 1 aliphatic heterocycles. The SMILES string of the molecule is N#Cc1cccc(OCC(=O)N2CCN(S(=O)(=O)c3ccc4ccccc4c3)CC2)c1. The standard InChI is InChI=1S/C23H21N3O4S/c24-16-18-4-3-7-21(14-18)30-17-23(27)25-10-12-26(13-11-25)31(28,29)22-9-8-19-5-1-2-6-20(19)15-22/h1-9,14-15H,10-13,17H2. The van der Waals surface area contributed by atoms with Gasteiger partial charge in [0.15, 0.2) is 6.61 Å². The van der Waals surface area contributed by atoms with E-state index in [2.05, 4.69) is 0 Å². The smallest absolute Gasteiger partial charge is 0.260 e. The molecule has 0 aliphatic carbocycles. The largest absolute Gasteiger partial charge is 0.484 e. The zero-order valence-electron chi connectivity index (χ0n) is 16.8. The molecular weight excluding hydrogens is 414 g/mol. The van der Waals surface area contributed by atoms with E-state index in [-0.39, 0.29) is 30.5 Å². The number of sulfonamides is 1. The van der Waals surface area contributed by atoms with E-state index in [0.29, 0.717) is 24.4 Å². The number of carbonyl (C=O) groups is 1. The Morgan fingerprint density at radius 1 is 0.935 bits per heavy atom. The Balaban J connectivity index is 1.37. The summed E-state index contributed by atoms with van der Waals surface area (Å²) in [5, 5.41) is 10.8. The Morgan fingerprint density at radius 2 is 1.68 bits per heavy atom. The van der Waals surface area contributed by atoms with Gasteiger partial charge < -0.3 is 9.64 Å². The van der Waals surface area contributed by atoms with Crippen molar-refractivity contribution in [3.63, 3.8) is 0 Å². The van der Waals surface area contributed by atoms with E-state index >= 15 is 0 Å². The summed E-state index contributed by atoms with van der Waals surface area (Å²) < 4.78 is 33.0. The number of hydrogen-bond donors (Lipinski definition) is 0. The molecule has 0 saturated carbocycles. The van der Waals surface area contributed by atoms with Crippen molar-refractivity contribution in [1.82, 2.24) is 9.21 Å². The minimum absolute atomic E-state index is 0.160. The average Bonchev–Trinajstić information content (AvgIpc) is 2.82. The van der Waals surface area contributed by atoms with Gasteiger partial charge in [-0.2, -0.15) is 9.57 Å². The van der Waals surface area contributed by atoms with Gasteiger partial charge in [-0.1, -0.05) is 36.4 Å². The molecule has 1 fully saturated rings. The third-order valence-electron chi connectivity index (χ3n) is 5.28. The van der Waals surface area contributed by atoms with Crippen molar-refractivity contribution in [2.24, 2.45) is 0 Å². The molecule has 31 heavy (non-hydrogen) atoms. The molecule has 3 aromatic carbocycles. The van der Waals surface area contributed by atoms with Crippen molar-refractivity contribution < 1.29 is 17.9 Å². The number of piperazine rings is 1. The number of nitriles is 1. The van der Waals surface area contributed by atoms with Crippen molar-refractivity contribution in [2.45, 2.75) is 4.90 Å². The van der Waals surface area contributed by atoms with Gasteiger partial charge in [-0.05, 0) is 41.1 Å². The van der Waals surface area contributed by atoms with Gasteiger partial charge in [0.05, 0.1) is 16.5 Å². The number of benzene rings is 3.